The van der Waals surface area contributed by atoms with E-state index in [1.165, 1.54) is 0 Å². The molecule has 0 fully saturated rings. The fourth-order valence-electron chi connectivity index (χ4n) is 0.0323. The zero-order valence-corrected chi connectivity index (χ0v) is 3.69. The molecule has 0 aliphatic carbocycles. The van der Waals surface area contributed by atoms with Crippen LogP contribution in [0.15, 0.2) is 0 Å². The van der Waals surface area contributed by atoms with Crippen LogP contribution in [0.4, 0.5) is 0 Å². The minimum absolute atomic E-state index is 0.458. The standard InChI is InChI=1S/C3H3N.Fe/c1-2-3-4;/h1H,2H2;. The van der Waals surface area contributed by atoms with Crippen LogP contribution >= 0.6 is 0 Å². The molecule has 0 aromatic rings. The summed E-state index contributed by atoms with van der Waals surface area (Å²) in [6.07, 6.45) is 0.458. The molecule has 0 N–H and O–H groups in total. The Labute approximate surface area is 39.0 Å². The first kappa shape index (κ1) is 4.88. The van der Waals surface area contributed by atoms with E-state index in [0.29, 0.717) is 6.42 Å². The van der Waals surface area contributed by atoms with Crippen LogP contribution in [0.1, 0.15) is 6.42 Å². The summed E-state index contributed by atoms with van der Waals surface area (Å²) in [5.74, 6) is 0. The van der Waals surface area contributed by atoms with Crippen molar-refractivity contribution in [1.29, 1.82) is 5.26 Å². The van der Waals surface area contributed by atoms with Crippen molar-refractivity contribution >= 4 is 4.92 Å². The molecule has 0 saturated heterocycles. The molecule has 0 unspecified atom stereocenters. The van der Waals surface area contributed by atoms with E-state index in [4.69, 9.17) is 5.26 Å². The van der Waals surface area contributed by atoms with E-state index in [0.717, 1.165) is 0 Å². The molecule has 0 aliphatic heterocycles. The summed E-state index contributed by atoms with van der Waals surface area (Å²) in [6, 6.07) is 1.90. The van der Waals surface area contributed by atoms with Crippen molar-refractivity contribution in [3.05, 3.63) is 0 Å². The number of nitriles is 1. The van der Waals surface area contributed by atoms with Gasteiger partial charge in [0, 0.05) is 0 Å². The first-order chi connectivity index (χ1) is 2.41. The molecule has 2 heteroatoms. The van der Waals surface area contributed by atoms with Gasteiger partial charge in [0.25, 0.3) is 0 Å². The maximum absolute atomic E-state index is 7.74. The van der Waals surface area contributed by atoms with Crippen molar-refractivity contribution < 1.29 is 15.6 Å². The second kappa shape index (κ2) is 3.88. The Kier molecular flexibility index (Phi) is 3.79. The number of hydrogen-bond acceptors (Lipinski definition) is 1. The quantitative estimate of drug-likeness (QED) is 0.442. The minimum atomic E-state index is 0.458. The topological polar surface area (TPSA) is 23.8 Å². The third-order valence-electron chi connectivity index (χ3n) is 0.163. The predicted molar refractivity (Wildman–Crippen MR) is 16.3 cm³/mol. The summed E-state index contributed by atoms with van der Waals surface area (Å²) < 4.78 is 0. The zero-order valence-electron chi connectivity index (χ0n) is 2.59. The van der Waals surface area contributed by atoms with Crippen LogP contribution in [0, 0.1) is 11.3 Å². The van der Waals surface area contributed by atoms with Crippen molar-refractivity contribution in [3.8, 4) is 6.07 Å². The van der Waals surface area contributed by atoms with Gasteiger partial charge in [-0.3, -0.25) is 0 Å². The van der Waals surface area contributed by atoms with Crippen LogP contribution < -0.4 is 0 Å². The molecular weight excluding hydrogens is 106 g/mol. The van der Waals surface area contributed by atoms with E-state index >= 15 is 0 Å². The molecule has 0 heterocycles. The third kappa shape index (κ3) is 3.88. The second-order valence-electron chi connectivity index (χ2n) is 0.507. The van der Waals surface area contributed by atoms with Gasteiger partial charge in [-0.1, -0.05) is 0 Å². The van der Waals surface area contributed by atoms with Gasteiger partial charge in [-0.2, -0.15) is 0 Å². The van der Waals surface area contributed by atoms with E-state index in [2.05, 4.69) is 15.6 Å². The molecule has 28 valence electrons. The summed E-state index contributed by atoms with van der Waals surface area (Å²) in [6.45, 7) is 0. The summed E-state index contributed by atoms with van der Waals surface area (Å²) in [7, 11) is 0. The number of nitrogens with zero attached hydrogens (tertiary/aromatic N) is 1. The van der Waals surface area contributed by atoms with Crippen LogP contribution in [0.5, 0.6) is 0 Å². The first-order valence-electron chi connectivity index (χ1n) is 1.19. The van der Waals surface area contributed by atoms with Crippen molar-refractivity contribution in [3.63, 3.8) is 0 Å². The molecule has 0 radical (unpaired) electrons. The van der Waals surface area contributed by atoms with Crippen LogP contribution in [-0.4, -0.2) is 4.92 Å². The molecule has 0 atom stereocenters. The second-order valence-corrected chi connectivity index (χ2v) is 0.957. The predicted octanol–water partition coefficient (Wildman–Crippen LogP) is 0.249. The van der Waals surface area contributed by atoms with Crippen LogP contribution in [-0.2, 0) is 15.6 Å². The fourth-order valence-corrected chi connectivity index (χ4v) is 0.133. The molecule has 0 saturated carbocycles. The van der Waals surface area contributed by atoms with E-state index in [1.807, 2.05) is 6.07 Å². The Morgan fingerprint density at radius 2 is 2.60 bits per heavy atom. The van der Waals surface area contributed by atoms with Gasteiger partial charge < -0.3 is 0 Å². The van der Waals surface area contributed by atoms with Gasteiger partial charge in [0.05, 0.1) is 0 Å². The van der Waals surface area contributed by atoms with Crippen molar-refractivity contribution in [2.24, 2.45) is 0 Å². The summed E-state index contributed by atoms with van der Waals surface area (Å²) in [4.78, 5) is 1.57. The molecule has 0 spiro atoms. The Hall–Kier alpha value is -0.121. The average molecular weight is 109 g/mol. The van der Waals surface area contributed by atoms with Gasteiger partial charge >= 0.3 is 38.2 Å². The van der Waals surface area contributed by atoms with Gasteiger partial charge in [-0.05, 0) is 0 Å². The average Bonchev–Trinajstić information content (AvgIpc) is 1.41. The van der Waals surface area contributed by atoms with Crippen LogP contribution in [0.2, 0.25) is 0 Å². The van der Waals surface area contributed by atoms with Gasteiger partial charge in [-0.25, -0.2) is 0 Å². The van der Waals surface area contributed by atoms with E-state index in [-0.39, 0.29) is 0 Å². The Balaban J connectivity index is 2.75. The van der Waals surface area contributed by atoms with Gasteiger partial charge in [0.1, 0.15) is 0 Å². The Morgan fingerprint density at radius 1 is 2.00 bits per heavy atom. The summed E-state index contributed by atoms with van der Waals surface area (Å²) >= 11 is 3.33. The van der Waals surface area contributed by atoms with Crippen molar-refractivity contribution in [1.82, 2.24) is 0 Å². The number of rotatable bonds is 1. The first-order valence-corrected chi connectivity index (χ1v) is 1.83. The molecule has 0 amide bonds. The fraction of sp³-hybridized carbons (Fsp3) is 0.333. The molecule has 0 aliphatic rings. The number of hydrogen-bond donors (Lipinski definition) is 0. The van der Waals surface area contributed by atoms with Crippen LogP contribution in [0.25, 0.3) is 0 Å². The van der Waals surface area contributed by atoms with E-state index in [9.17, 15) is 0 Å². The molecule has 0 aromatic carbocycles. The van der Waals surface area contributed by atoms with Gasteiger partial charge in [0.2, 0.25) is 0 Å². The SMILES string of the molecule is N#CC[CH]=[Fe]. The molecule has 5 heavy (non-hydrogen) atoms. The van der Waals surface area contributed by atoms with Gasteiger partial charge in [0.15, 0.2) is 0 Å². The monoisotopic (exact) mass is 109 g/mol. The maximum atomic E-state index is 7.74. The van der Waals surface area contributed by atoms with E-state index < -0.39 is 0 Å². The Bertz CT molecular complexity index is 61.8. The van der Waals surface area contributed by atoms with Crippen molar-refractivity contribution in [2.45, 2.75) is 6.42 Å². The summed E-state index contributed by atoms with van der Waals surface area (Å²) in [5, 5.41) is 7.74. The molecule has 0 aromatic heterocycles. The summed E-state index contributed by atoms with van der Waals surface area (Å²) in [5.41, 5.74) is 0. The molecule has 1 nitrogen and oxygen atoms in total. The normalized spacial score (nSPS) is 5.60. The van der Waals surface area contributed by atoms with E-state index in [1.54, 1.807) is 4.92 Å². The molecular formula is C3H3FeN. The third-order valence-corrected chi connectivity index (χ3v) is 0.389. The Morgan fingerprint density at radius 3 is 2.60 bits per heavy atom. The molecule has 0 rings (SSSR count). The van der Waals surface area contributed by atoms with Gasteiger partial charge in [-0.15, -0.1) is 0 Å². The van der Waals surface area contributed by atoms with Crippen LogP contribution in [0.3, 0.4) is 0 Å². The van der Waals surface area contributed by atoms with Crippen molar-refractivity contribution in [2.75, 3.05) is 0 Å². The zero-order chi connectivity index (χ0) is 4.12. The molecule has 0 bridgehead atoms.